The van der Waals surface area contributed by atoms with E-state index < -0.39 is 0 Å². The standard InChI is InChI=1S/C34H35Cl2N5O2/c1-21(42)41-15-12-26(13-16-41)40(2)20-24-9-10-30(39-34(24)43-3)29-6-4-5-27(31(29)35)28-11-14-38-33(32(28)36)22-7-8-23-18-37-19-25(23)17-22/h4-11,14,17,26,37H,12-13,15-16,18-20H2,1-3H3. The lowest BCUT2D eigenvalue weighted by atomic mass is 9.98. The Bertz CT molecular complexity index is 1670. The van der Waals surface area contributed by atoms with E-state index >= 15 is 0 Å². The average molecular weight is 617 g/mol. The molecule has 2 aromatic heterocycles. The third-order valence-electron chi connectivity index (χ3n) is 8.65. The Morgan fingerprint density at radius 1 is 1.00 bits per heavy atom. The van der Waals surface area contributed by atoms with E-state index in [9.17, 15) is 4.79 Å². The van der Waals surface area contributed by atoms with Gasteiger partial charge in [-0.3, -0.25) is 14.7 Å². The van der Waals surface area contributed by atoms with Crippen molar-refractivity contribution in [1.29, 1.82) is 0 Å². The highest BCUT2D eigenvalue weighted by Gasteiger charge is 2.25. The molecule has 4 heterocycles. The summed E-state index contributed by atoms with van der Waals surface area (Å²) in [6, 6.07) is 18.6. The zero-order valence-corrected chi connectivity index (χ0v) is 26.2. The average Bonchev–Trinajstić information content (AvgIpc) is 3.50. The Balaban J connectivity index is 1.26. The van der Waals surface area contributed by atoms with Gasteiger partial charge >= 0.3 is 0 Å². The molecule has 1 amide bonds. The van der Waals surface area contributed by atoms with Gasteiger partial charge in [0, 0.05) is 79.7 Å². The van der Waals surface area contributed by atoms with Crippen LogP contribution in [0.1, 0.15) is 36.5 Å². The molecule has 2 aliphatic heterocycles. The van der Waals surface area contributed by atoms with Gasteiger partial charge in [-0.05, 0) is 49.2 Å². The number of rotatable bonds is 7. The summed E-state index contributed by atoms with van der Waals surface area (Å²) >= 11 is 14.1. The number of hydrogen-bond acceptors (Lipinski definition) is 6. The first-order valence-electron chi connectivity index (χ1n) is 14.6. The molecular weight excluding hydrogens is 581 g/mol. The maximum atomic E-state index is 11.7. The molecule has 4 aromatic rings. The topological polar surface area (TPSA) is 70.6 Å². The van der Waals surface area contributed by atoms with E-state index in [1.165, 1.54) is 11.1 Å². The number of ether oxygens (including phenoxy) is 1. The van der Waals surface area contributed by atoms with Crippen molar-refractivity contribution in [3.05, 3.63) is 87.5 Å². The first kappa shape index (κ1) is 29.6. The fraction of sp³-hybridized carbons (Fsp3) is 0.324. The molecule has 6 rings (SSSR count). The van der Waals surface area contributed by atoms with Crippen molar-refractivity contribution < 1.29 is 9.53 Å². The summed E-state index contributed by atoms with van der Waals surface area (Å²) in [4.78, 5) is 25.5. The van der Waals surface area contributed by atoms with E-state index in [1.807, 2.05) is 35.2 Å². The zero-order chi connectivity index (χ0) is 30.1. The highest BCUT2D eigenvalue weighted by molar-refractivity contribution is 6.39. The van der Waals surface area contributed by atoms with E-state index in [-0.39, 0.29) is 5.91 Å². The number of methoxy groups -OCH3 is 1. The number of aromatic nitrogens is 2. The number of likely N-dealkylation sites (tertiary alicyclic amines) is 1. The summed E-state index contributed by atoms with van der Waals surface area (Å²) in [7, 11) is 3.76. The second-order valence-corrected chi connectivity index (χ2v) is 12.0. The lowest BCUT2D eigenvalue weighted by molar-refractivity contribution is -0.130. The molecule has 9 heteroatoms. The SMILES string of the molecule is COc1nc(-c2cccc(-c3ccnc(-c4ccc5c(c4)CNC5)c3Cl)c2Cl)ccc1CN(C)C1CCN(C(C)=O)CC1. The molecular formula is C34H35Cl2N5O2. The van der Waals surface area contributed by atoms with Crippen LogP contribution in [0.5, 0.6) is 5.88 Å². The molecule has 2 aliphatic rings. The second-order valence-electron chi connectivity index (χ2n) is 11.3. The molecule has 2 aromatic carbocycles. The molecule has 0 spiro atoms. The Morgan fingerprint density at radius 3 is 2.51 bits per heavy atom. The number of fused-ring (bicyclic) bond motifs is 1. The quantitative estimate of drug-likeness (QED) is 0.245. The highest BCUT2D eigenvalue weighted by atomic mass is 35.5. The molecule has 0 aliphatic carbocycles. The van der Waals surface area contributed by atoms with Crippen LogP contribution in [0.2, 0.25) is 10.0 Å². The molecule has 7 nitrogen and oxygen atoms in total. The van der Waals surface area contributed by atoms with Crippen molar-refractivity contribution >= 4 is 29.1 Å². The normalized spacial score (nSPS) is 15.2. The largest absolute Gasteiger partial charge is 0.481 e. The second kappa shape index (κ2) is 12.6. The van der Waals surface area contributed by atoms with Crippen LogP contribution in [0, 0.1) is 0 Å². The van der Waals surface area contributed by atoms with Crippen molar-refractivity contribution in [2.45, 2.75) is 45.4 Å². The molecule has 43 heavy (non-hydrogen) atoms. The van der Waals surface area contributed by atoms with Gasteiger partial charge in [-0.25, -0.2) is 4.98 Å². The minimum Gasteiger partial charge on any atom is -0.481 e. The van der Waals surface area contributed by atoms with Crippen LogP contribution < -0.4 is 10.1 Å². The zero-order valence-electron chi connectivity index (χ0n) is 24.7. The monoisotopic (exact) mass is 615 g/mol. The van der Waals surface area contributed by atoms with E-state index in [1.54, 1.807) is 20.2 Å². The van der Waals surface area contributed by atoms with E-state index in [2.05, 4.69) is 46.5 Å². The van der Waals surface area contributed by atoms with Crippen LogP contribution in [0.25, 0.3) is 33.6 Å². The molecule has 1 N–H and O–H groups in total. The number of nitrogens with zero attached hydrogens (tertiary/aromatic N) is 4. The molecule has 0 unspecified atom stereocenters. The first-order chi connectivity index (χ1) is 20.8. The third-order valence-corrected chi connectivity index (χ3v) is 9.44. The molecule has 0 radical (unpaired) electrons. The molecule has 222 valence electrons. The Kier molecular flexibility index (Phi) is 8.68. The van der Waals surface area contributed by atoms with E-state index in [4.69, 9.17) is 32.9 Å². The molecule has 0 saturated carbocycles. The molecule has 0 atom stereocenters. The summed E-state index contributed by atoms with van der Waals surface area (Å²) in [5.41, 5.74) is 8.45. The number of amides is 1. The maximum absolute atomic E-state index is 11.7. The Morgan fingerprint density at radius 2 is 1.74 bits per heavy atom. The summed E-state index contributed by atoms with van der Waals surface area (Å²) in [6.07, 6.45) is 3.69. The summed E-state index contributed by atoms with van der Waals surface area (Å²) in [5, 5.41) is 4.51. The molecule has 1 saturated heterocycles. The number of carbonyl (C=O) groups excluding carboxylic acids is 1. The predicted molar refractivity (Wildman–Crippen MR) is 172 cm³/mol. The number of benzene rings is 2. The maximum Gasteiger partial charge on any atom is 0.219 e. The van der Waals surface area contributed by atoms with Gasteiger partial charge in [0.1, 0.15) is 0 Å². The van der Waals surface area contributed by atoms with Gasteiger partial charge in [0.05, 0.1) is 28.5 Å². The van der Waals surface area contributed by atoms with Crippen LogP contribution in [0.4, 0.5) is 0 Å². The van der Waals surface area contributed by atoms with Gasteiger partial charge in [0.25, 0.3) is 0 Å². The number of halogens is 2. The third kappa shape index (κ3) is 6.00. The van der Waals surface area contributed by atoms with Gasteiger partial charge in [-0.15, -0.1) is 0 Å². The van der Waals surface area contributed by atoms with E-state index in [0.717, 1.165) is 78.2 Å². The minimum absolute atomic E-state index is 0.147. The van der Waals surface area contributed by atoms with Crippen LogP contribution in [0.3, 0.4) is 0 Å². The van der Waals surface area contributed by atoms with Crippen molar-refractivity contribution in [2.24, 2.45) is 0 Å². The van der Waals surface area contributed by atoms with Crippen molar-refractivity contribution in [1.82, 2.24) is 25.1 Å². The summed E-state index contributed by atoms with van der Waals surface area (Å²) < 4.78 is 5.75. The fourth-order valence-electron chi connectivity index (χ4n) is 6.17. The van der Waals surface area contributed by atoms with Gasteiger partial charge in [0.2, 0.25) is 11.8 Å². The number of pyridine rings is 2. The van der Waals surface area contributed by atoms with Gasteiger partial charge < -0.3 is 15.0 Å². The minimum atomic E-state index is 0.147. The Hall–Kier alpha value is -3.49. The van der Waals surface area contributed by atoms with Crippen molar-refractivity contribution in [3.8, 4) is 39.5 Å². The molecule has 0 bridgehead atoms. The van der Waals surface area contributed by atoms with Crippen LogP contribution in [0.15, 0.2) is 60.8 Å². The lowest BCUT2D eigenvalue weighted by Crippen LogP contribution is -2.44. The number of piperidine rings is 1. The number of nitrogens with one attached hydrogen (secondary N) is 1. The van der Waals surface area contributed by atoms with Crippen LogP contribution >= 0.6 is 23.2 Å². The van der Waals surface area contributed by atoms with E-state index in [0.29, 0.717) is 28.5 Å². The van der Waals surface area contributed by atoms with Crippen molar-refractivity contribution in [3.63, 3.8) is 0 Å². The number of carbonyl (C=O) groups is 1. The van der Waals surface area contributed by atoms with Crippen LogP contribution in [-0.4, -0.2) is 59.0 Å². The first-order valence-corrected chi connectivity index (χ1v) is 15.4. The van der Waals surface area contributed by atoms with Crippen LogP contribution in [-0.2, 0) is 24.4 Å². The van der Waals surface area contributed by atoms with Gasteiger partial charge in [-0.2, -0.15) is 0 Å². The lowest BCUT2D eigenvalue weighted by Gasteiger charge is -2.36. The van der Waals surface area contributed by atoms with Gasteiger partial charge in [0.15, 0.2) is 0 Å². The summed E-state index contributed by atoms with van der Waals surface area (Å²) in [6.45, 7) is 5.66. The number of hydrogen-bond donors (Lipinski definition) is 1. The van der Waals surface area contributed by atoms with Gasteiger partial charge in [-0.1, -0.05) is 59.6 Å². The smallest absolute Gasteiger partial charge is 0.219 e. The van der Waals surface area contributed by atoms with Crippen molar-refractivity contribution in [2.75, 3.05) is 27.2 Å². The Labute approximate surface area is 262 Å². The summed E-state index contributed by atoms with van der Waals surface area (Å²) in [5.74, 6) is 0.719. The predicted octanol–water partition coefficient (Wildman–Crippen LogP) is 6.84. The fourth-order valence-corrected chi connectivity index (χ4v) is 6.82. The highest BCUT2D eigenvalue weighted by Crippen LogP contribution is 2.42. The molecule has 1 fully saturated rings.